The van der Waals surface area contributed by atoms with Crippen LogP contribution in [0.25, 0.3) is 0 Å². The highest BCUT2D eigenvalue weighted by atomic mass is 35.5. The predicted octanol–water partition coefficient (Wildman–Crippen LogP) is 2.31. The van der Waals surface area contributed by atoms with Gasteiger partial charge in [0.15, 0.2) is 5.72 Å². The number of hydrogen-bond donors (Lipinski definition) is 1. The van der Waals surface area contributed by atoms with Gasteiger partial charge in [-0.05, 0) is 29.7 Å². The Bertz CT molecular complexity index is 800. The van der Waals surface area contributed by atoms with Crippen molar-refractivity contribution in [2.75, 3.05) is 13.2 Å². The molecule has 2 amide bonds. The van der Waals surface area contributed by atoms with Crippen LogP contribution in [0.2, 0.25) is 5.02 Å². The third-order valence-corrected chi connectivity index (χ3v) is 6.07. The summed E-state index contributed by atoms with van der Waals surface area (Å²) in [5.74, 6) is -0.229. The second-order valence-corrected chi connectivity index (χ2v) is 8.28. The number of carbonyl (C=O) groups is 3. The Morgan fingerprint density at radius 2 is 2.14 bits per heavy atom. The first kappa shape index (κ1) is 21.5. The van der Waals surface area contributed by atoms with Gasteiger partial charge >= 0.3 is 0 Å². The van der Waals surface area contributed by atoms with E-state index in [1.54, 1.807) is 11.0 Å². The zero-order chi connectivity index (χ0) is 21.3. The van der Waals surface area contributed by atoms with Crippen LogP contribution in [0.4, 0.5) is 4.39 Å². The number of nitrogens with zero attached hydrogens (tertiary/aromatic N) is 2. The molecule has 3 aliphatic rings. The van der Waals surface area contributed by atoms with Crippen LogP contribution in [0.3, 0.4) is 0 Å². The van der Waals surface area contributed by atoms with Gasteiger partial charge in [-0.1, -0.05) is 25.4 Å². The van der Waals surface area contributed by atoms with Crippen LogP contribution in [0.1, 0.15) is 32.3 Å². The van der Waals surface area contributed by atoms with Crippen LogP contribution in [-0.2, 0) is 25.5 Å². The molecule has 0 aromatic heterocycles. The molecular formula is C20H24ClFN2O5. The monoisotopic (exact) mass is 426 g/mol. The van der Waals surface area contributed by atoms with Crippen molar-refractivity contribution in [1.82, 2.24) is 9.80 Å². The van der Waals surface area contributed by atoms with Crippen molar-refractivity contribution in [2.24, 2.45) is 5.92 Å². The molecule has 1 aromatic carbocycles. The van der Waals surface area contributed by atoms with Gasteiger partial charge in [0.2, 0.25) is 11.8 Å². The van der Waals surface area contributed by atoms with Gasteiger partial charge in [-0.3, -0.25) is 14.4 Å². The molecule has 1 spiro atoms. The molecule has 7 nitrogen and oxygen atoms in total. The maximum absolute atomic E-state index is 13.5. The smallest absolute Gasteiger partial charge is 0.290 e. The number of rotatable bonds is 3. The third kappa shape index (κ3) is 3.83. The molecule has 0 radical (unpaired) electrons. The molecule has 29 heavy (non-hydrogen) atoms. The van der Waals surface area contributed by atoms with E-state index in [2.05, 4.69) is 13.8 Å². The van der Waals surface area contributed by atoms with Gasteiger partial charge < -0.3 is 19.6 Å². The largest absolute Gasteiger partial charge is 0.483 e. The van der Waals surface area contributed by atoms with Crippen LogP contribution in [-0.4, -0.2) is 64.2 Å². The minimum Gasteiger partial charge on any atom is -0.483 e. The number of ether oxygens (including phenoxy) is 1. The highest BCUT2D eigenvalue weighted by molar-refractivity contribution is 6.30. The van der Waals surface area contributed by atoms with Crippen molar-refractivity contribution in [3.63, 3.8) is 0 Å². The molecule has 3 atom stereocenters. The van der Waals surface area contributed by atoms with Crippen molar-refractivity contribution in [3.8, 4) is 0 Å². The lowest BCUT2D eigenvalue weighted by molar-refractivity contribution is -0.141. The van der Waals surface area contributed by atoms with Crippen molar-refractivity contribution in [1.29, 1.82) is 0 Å². The molecule has 3 aliphatic heterocycles. The van der Waals surface area contributed by atoms with E-state index < -0.39 is 11.5 Å². The zero-order valence-corrected chi connectivity index (χ0v) is 17.1. The van der Waals surface area contributed by atoms with E-state index in [-0.39, 0.29) is 41.8 Å². The molecule has 1 N–H and O–H groups in total. The minimum absolute atomic E-state index is 0.0532. The summed E-state index contributed by atoms with van der Waals surface area (Å²) in [6, 6.07) is 3.93. The molecule has 0 unspecified atom stereocenters. The Morgan fingerprint density at radius 3 is 2.76 bits per heavy atom. The number of benzene rings is 1. The fraction of sp³-hybridized carbons (Fsp3) is 0.550. The standard InChI is InChI=1S/C19H22ClFN2O3.CH2O2/c1-11(2)15-10-26-19-3-4-22(16(19)9-18(25)23(15)19)17(24)7-12-5-13(20)8-14(21)6-12;2-1-3/h5-6,8,11,15-16H,3-4,7,9-10H2,1-2H3;1H,(H,2,3)/t15-,16+,19-;/m0./s1. The molecule has 158 valence electrons. The number of likely N-dealkylation sites (tertiary alicyclic amines) is 1. The number of amides is 2. The van der Waals surface area contributed by atoms with Crippen LogP contribution >= 0.6 is 11.6 Å². The van der Waals surface area contributed by atoms with Gasteiger partial charge in [-0.25, -0.2) is 4.39 Å². The van der Waals surface area contributed by atoms with Crippen molar-refractivity contribution < 1.29 is 28.6 Å². The second-order valence-electron chi connectivity index (χ2n) is 7.85. The van der Waals surface area contributed by atoms with E-state index in [0.717, 1.165) is 0 Å². The lowest BCUT2D eigenvalue weighted by atomic mass is 10.0. The minimum atomic E-state index is -0.679. The molecule has 0 saturated carbocycles. The van der Waals surface area contributed by atoms with Gasteiger partial charge in [0.05, 0.1) is 31.5 Å². The van der Waals surface area contributed by atoms with Gasteiger partial charge in [0.25, 0.3) is 6.47 Å². The number of carboxylic acid groups (broad SMARTS) is 1. The molecule has 0 bridgehead atoms. The SMILES string of the molecule is CC(C)[C@@H]1CO[C@@]23CCN(C(=O)Cc4cc(F)cc(Cl)c4)[C@@H]2CC(=O)N13.O=CO. The number of carbonyl (C=O) groups excluding carboxylic acids is 2. The fourth-order valence-corrected chi connectivity index (χ4v) is 4.90. The summed E-state index contributed by atoms with van der Waals surface area (Å²) in [5, 5.41) is 7.16. The first-order chi connectivity index (χ1) is 13.7. The topological polar surface area (TPSA) is 87.2 Å². The van der Waals surface area contributed by atoms with Gasteiger partial charge in [0, 0.05) is 18.0 Å². The number of halogens is 2. The van der Waals surface area contributed by atoms with Crippen LogP contribution < -0.4 is 0 Å². The van der Waals surface area contributed by atoms with Crippen LogP contribution in [0, 0.1) is 11.7 Å². The maximum atomic E-state index is 13.5. The quantitative estimate of drug-likeness (QED) is 0.749. The molecule has 9 heteroatoms. The van der Waals surface area contributed by atoms with Crippen molar-refractivity contribution >= 4 is 29.9 Å². The first-order valence-electron chi connectivity index (χ1n) is 9.52. The van der Waals surface area contributed by atoms with E-state index in [9.17, 15) is 14.0 Å². The Labute approximate surface area is 173 Å². The van der Waals surface area contributed by atoms with Crippen molar-refractivity contribution in [2.45, 2.75) is 50.9 Å². The summed E-state index contributed by atoms with van der Waals surface area (Å²) >= 11 is 5.88. The van der Waals surface area contributed by atoms with Crippen molar-refractivity contribution in [3.05, 3.63) is 34.6 Å². The lowest BCUT2D eigenvalue weighted by Gasteiger charge is -2.34. The first-order valence-corrected chi connectivity index (χ1v) is 9.89. The van der Waals surface area contributed by atoms with E-state index in [1.807, 2.05) is 4.90 Å². The average molecular weight is 427 g/mol. The van der Waals surface area contributed by atoms with E-state index in [0.29, 0.717) is 37.5 Å². The molecule has 3 fully saturated rings. The van der Waals surface area contributed by atoms with Gasteiger partial charge in [-0.15, -0.1) is 0 Å². The molecular weight excluding hydrogens is 403 g/mol. The molecule has 1 aromatic rings. The van der Waals surface area contributed by atoms with E-state index >= 15 is 0 Å². The normalized spacial score (nSPS) is 27.6. The Hall–Kier alpha value is -2.19. The summed E-state index contributed by atoms with van der Waals surface area (Å²) in [7, 11) is 0. The Morgan fingerprint density at radius 1 is 1.45 bits per heavy atom. The number of hydrogen-bond acceptors (Lipinski definition) is 4. The summed E-state index contributed by atoms with van der Waals surface area (Å²) in [5.41, 5.74) is -0.143. The lowest BCUT2D eigenvalue weighted by Crippen LogP contribution is -2.51. The maximum Gasteiger partial charge on any atom is 0.290 e. The molecule has 0 aliphatic carbocycles. The molecule has 3 heterocycles. The summed E-state index contributed by atoms with van der Waals surface area (Å²) < 4.78 is 19.7. The summed E-state index contributed by atoms with van der Waals surface area (Å²) in [4.78, 5) is 37.5. The van der Waals surface area contributed by atoms with E-state index in [4.69, 9.17) is 26.2 Å². The van der Waals surface area contributed by atoms with E-state index in [1.165, 1.54) is 12.1 Å². The molecule has 4 rings (SSSR count). The highest BCUT2D eigenvalue weighted by Crippen LogP contribution is 2.48. The average Bonchev–Trinajstić information content (AvgIpc) is 3.23. The van der Waals surface area contributed by atoms with Gasteiger partial charge in [0.1, 0.15) is 5.82 Å². The fourth-order valence-electron chi connectivity index (χ4n) is 4.66. The third-order valence-electron chi connectivity index (χ3n) is 5.86. The highest BCUT2D eigenvalue weighted by Gasteiger charge is 2.65. The Kier molecular flexibility index (Phi) is 6.14. The Balaban J connectivity index is 0.000000755. The zero-order valence-electron chi connectivity index (χ0n) is 16.3. The van der Waals surface area contributed by atoms with Crippen LogP contribution in [0.5, 0.6) is 0 Å². The molecule has 3 saturated heterocycles. The second kappa shape index (κ2) is 8.28. The summed E-state index contributed by atoms with van der Waals surface area (Å²) in [6.07, 6.45) is 0.979. The van der Waals surface area contributed by atoms with Gasteiger partial charge in [-0.2, -0.15) is 0 Å². The summed E-state index contributed by atoms with van der Waals surface area (Å²) in [6.45, 7) is 4.97. The predicted molar refractivity (Wildman–Crippen MR) is 103 cm³/mol. The van der Waals surface area contributed by atoms with Crippen LogP contribution in [0.15, 0.2) is 18.2 Å².